The van der Waals surface area contributed by atoms with E-state index in [9.17, 15) is 9.50 Å². The molecule has 0 heterocycles. The molecule has 0 amide bonds. The lowest BCUT2D eigenvalue weighted by atomic mass is 10.1. The lowest BCUT2D eigenvalue weighted by Crippen LogP contribution is -2.17. The summed E-state index contributed by atoms with van der Waals surface area (Å²) in [6, 6.07) is 10.8. The molecule has 0 saturated carbocycles. The summed E-state index contributed by atoms with van der Waals surface area (Å²) in [5.74, 6) is 0.0275. The minimum Gasteiger partial charge on any atom is -0.508 e. The summed E-state index contributed by atoms with van der Waals surface area (Å²) in [6.45, 7) is 4.04. The Labute approximate surface area is 133 Å². The molecule has 2 rings (SSSR count). The Hall–Kier alpha value is -1.55. The Balaban J connectivity index is 1.94. The van der Waals surface area contributed by atoms with Crippen molar-refractivity contribution in [1.82, 2.24) is 0 Å². The summed E-state index contributed by atoms with van der Waals surface area (Å²) in [7, 11) is 0. The van der Waals surface area contributed by atoms with Crippen molar-refractivity contribution >= 4 is 21.6 Å². The molecule has 4 heteroatoms. The highest BCUT2D eigenvalue weighted by Gasteiger charge is 2.08. The fourth-order valence-electron chi connectivity index (χ4n) is 2.19. The van der Waals surface area contributed by atoms with Gasteiger partial charge in [0.2, 0.25) is 0 Å². The van der Waals surface area contributed by atoms with E-state index in [-0.39, 0.29) is 17.6 Å². The number of aryl methyl sites for hydroxylation is 2. The second kappa shape index (κ2) is 6.94. The summed E-state index contributed by atoms with van der Waals surface area (Å²) < 4.78 is 14.1. The van der Waals surface area contributed by atoms with Gasteiger partial charge in [-0.1, -0.05) is 12.1 Å². The number of halogens is 2. The van der Waals surface area contributed by atoms with E-state index in [4.69, 9.17) is 0 Å². The monoisotopic (exact) mass is 351 g/mol. The van der Waals surface area contributed by atoms with Crippen molar-refractivity contribution in [3.8, 4) is 5.75 Å². The van der Waals surface area contributed by atoms with Gasteiger partial charge in [-0.3, -0.25) is 0 Å². The van der Waals surface area contributed by atoms with E-state index in [0.29, 0.717) is 4.47 Å². The first-order valence-corrected chi connectivity index (χ1v) is 7.75. The molecule has 112 valence electrons. The minimum atomic E-state index is -0.256. The predicted octanol–water partition coefficient (Wildman–Crippen LogP) is 5.04. The smallest absolute Gasteiger partial charge is 0.139 e. The van der Waals surface area contributed by atoms with Crippen LogP contribution in [0.25, 0.3) is 0 Å². The summed E-state index contributed by atoms with van der Waals surface area (Å²) >= 11 is 3.19. The first-order valence-electron chi connectivity index (χ1n) is 6.96. The van der Waals surface area contributed by atoms with E-state index < -0.39 is 0 Å². The maximum atomic E-state index is 13.6. The fraction of sp³-hybridized carbons (Fsp3) is 0.294. The second-order valence-corrected chi connectivity index (χ2v) is 6.19. The zero-order valence-corrected chi connectivity index (χ0v) is 13.7. The SMILES string of the molecule is Cc1cc(Br)c(F)cc1NC(C)CCc1ccc(O)cc1. The standard InChI is InChI=1S/C17H19BrFNO/c1-11-9-15(18)16(19)10-17(11)20-12(2)3-4-13-5-7-14(21)8-6-13/h5-10,12,20-21H,3-4H2,1-2H3. The number of anilines is 1. The maximum Gasteiger partial charge on any atom is 0.139 e. The number of rotatable bonds is 5. The number of benzene rings is 2. The molecule has 0 fully saturated rings. The quantitative estimate of drug-likeness (QED) is 0.791. The van der Waals surface area contributed by atoms with Gasteiger partial charge in [-0.25, -0.2) is 4.39 Å². The van der Waals surface area contributed by atoms with Crippen LogP contribution in [0.15, 0.2) is 40.9 Å². The van der Waals surface area contributed by atoms with Gasteiger partial charge < -0.3 is 10.4 Å². The molecule has 0 aliphatic heterocycles. The predicted molar refractivity (Wildman–Crippen MR) is 88.3 cm³/mol. The number of hydrogen-bond donors (Lipinski definition) is 2. The molecule has 0 aromatic heterocycles. The van der Waals surface area contributed by atoms with Gasteiger partial charge in [0.25, 0.3) is 0 Å². The van der Waals surface area contributed by atoms with Crippen molar-refractivity contribution in [2.24, 2.45) is 0 Å². The van der Waals surface area contributed by atoms with Gasteiger partial charge >= 0.3 is 0 Å². The number of aromatic hydroxyl groups is 1. The van der Waals surface area contributed by atoms with Gasteiger partial charge in [0, 0.05) is 11.7 Å². The largest absolute Gasteiger partial charge is 0.508 e. The van der Waals surface area contributed by atoms with Gasteiger partial charge in [-0.15, -0.1) is 0 Å². The summed E-state index contributed by atoms with van der Waals surface area (Å²) in [4.78, 5) is 0. The minimum absolute atomic E-state index is 0.234. The molecule has 1 atom stereocenters. The number of phenolic OH excluding ortho intramolecular Hbond substituents is 1. The lowest BCUT2D eigenvalue weighted by Gasteiger charge is -2.17. The number of phenols is 1. The lowest BCUT2D eigenvalue weighted by molar-refractivity contribution is 0.475. The van der Waals surface area contributed by atoms with Crippen LogP contribution in [0.2, 0.25) is 0 Å². The van der Waals surface area contributed by atoms with Gasteiger partial charge in [0.15, 0.2) is 0 Å². The van der Waals surface area contributed by atoms with Crippen molar-refractivity contribution < 1.29 is 9.50 Å². The third-order valence-corrected chi connectivity index (χ3v) is 4.08. The Kier molecular flexibility index (Phi) is 5.23. The normalized spacial score (nSPS) is 12.2. The Bertz CT molecular complexity index is 613. The van der Waals surface area contributed by atoms with Crippen LogP contribution < -0.4 is 5.32 Å². The van der Waals surface area contributed by atoms with Crippen LogP contribution in [-0.4, -0.2) is 11.1 Å². The molecule has 0 radical (unpaired) electrons. The molecule has 2 nitrogen and oxygen atoms in total. The van der Waals surface area contributed by atoms with E-state index in [0.717, 1.165) is 24.1 Å². The topological polar surface area (TPSA) is 32.3 Å². The number of nitrogens with one attached hydrogen (secondary N) is 1. The first kappa shape index (κ1) is 15.8. The van der Waals surface area contributed by atoms with Gasteiger partial charge in [-0.2, -0.15) is 0 Å². The zero-order chi connectivity index (χ0) is 15.4. The van der Waals surface area contributed by atoms with Crippen LogP contribution in [0.1, 0.15) is 24.5 Å². The average Bonchev–Trinajstić information content (AvgIpc) is 2.44. The van der Waals surface area contributed by atoms with Gasteiger partial charge in [0.05, 0.1) is 4.47 Å². The van der Waals surface area contributed by atoms with Crippen molar-refractivity contribution in [2.75, 3.05) is 5.32 Å². The molecule has 0 bridgehead atoms. The van der Waals surface area contributed by atoms with Gasteiger partial charge in [0.1, 0.15) is 11.6 Å². The first-order chi connectivity index (χ1) is 9.95. The molecule has 2 aromatic rings. The fourth-order valence-corrected chi connectivity index (χ4v) is 2.64. The molecule has 0 saturated heterocycles. The van der Waals surface area contributed by atoms with Crippen molar-refractivity contribution in [3.05, 3.63) is 57.8 Å². The Morgan fingerprint density at radius 1 is 1.24 bits per heavy atom. The molecule has 21 heavy (non-hydrogen) atoms. The van der Waals surface area contributed by atoms with E-state index in [1.165, 1.54) is 11.6 Å². The molecule has 2 N–H and O–H groups in total. The van der Waals surface area contributed by atoms with E-state index in [2.05, 4.69) is 28.2 Å². The van der Waals surface area contributed by atoms with Crippen LogP contribution in [0.3, 0.4) is 0 Å². The van der Waals surface area contributed by atoms with Crippen molar-refractivity contribution in [3.63, 3.8) is 0 Å². The zero-order valence-electron chi connectivity index (χ0n) is 12.2. The highest BCUT2D eigenvalue weighted by atomic mass is 79.9. The summed E-state index contributed by atoms with van der Waals surface area (Å²) in [6.07, 6.45) is 1.84. The highest BCUT2D eigenvalue weighted by Crippen LogP contribution is 2.25. The molecule has 0 aliphatic rings. The van der Waals surface area contributed by atoms with Crippen LogP contribution in [-0.2, 0) is 6.42 Å². The molecule has 0 aliphatic carbocycles. The highest BCUT2D eigenvalue weighted by molar-refractivity contribution is 9.10. The summed E-state index contributed by atoms with van der Waals surface area (Å²) in [5, 5.41) is 12.6. The van der Waals surface area contributed by atoms with Crippen molar-refractivity contribution in [2.45, 2.75) is 32.7 Å². The van der Waals surface area contributed by atoms with E-state index >= 15 is 0 Å². The average molecular weight is 352 g/mol. The molecule has 1 unspecified atom stereocenters. The third kappa shape index (κ3) is 4.46. The van der Waals surface area contributed by atoms with Crippen LogP contribution in [0.5, 0.6) is 5.75 Å². The van der Waals surface area contributed by atoms with Crippen LogP contribution in [0, 0.1) is 12.7 Å². The molecular formula is C17H19BrFNO. The second-order valence-electron chi connectivity index (χ2n) is 5.33. The Morgan fingerprint density at radius 2 is 1.90 bits per heavy atom. The summed E-state index contributed by atoms with van der Waals surface area (Å²) in [5.41, 5.74) is 3.02. The van der Waals surface area contributed by atoms with E-state index in [1.807, 2.05) is 19.1 Å². The van der Waals surface area contributed by atoms with Crippen LogP contribution >= 0.6 is 15.9 Å². The third-order valence-electron chi connectivity index (χ3n) is 3.47. The van der Waals surface area contributed by atoms with E-state index in [1.54, 1.807) is 18.2 Å². The van der Waals surface area contributed by atoms with Crippen molar-refractivity contribution in [1.29, 1.82) is 0 Å². The number of hydrogen-bond acceptors (Lipinski definition) is 2. The van der Waals surface area contributed by atoms with Crippen LogP contribution in [0.4, 0.5) is 10.1 Å². The van der Waals surface area contributed by atoms with Gasteiger partial charge in [-0.05, 0) is 78.0 Å². The maximum absolute atomic E-state index is 13.6. The Morgan fingerprint density at radius 3 is 2.57 bits per heavy atom. The molecule has 2 aromatic carbocycles. The molecule has 0 spiro atoms. The molecular weight excluding hydrogens is 333 g/mol.